The van der Waals surface area contributed by atoms with Gasteiger partial charge in [-0.05, 0) is 24.3 Å². The van der Waals surface area contributed by atoms with Gasteiger partial charge in [0.25, 0.3) is 5.69 Å². The Morgan fingerprint density at radius 2 is 1.92 bits per heavy atom. The van der Waals surface area contributed by atoms with E-state index in [1.54, 1.807) is 28.8 Å². The van der Waals surface area contributed by atoms with Crippen molar-refractivity contribution in [3.63, 3.8) is 0 Å². The Bertz CT molecular complexity index is 1050. The molecule has 124 valence electrons. The third kappa shape index (κ3) is 2.31. The van der Waals surface area contributed by atoms with E-state index in [-0.39, 0.29) is 11.4 Å². The molecule has 2 aromatic carbocycles. The lowest BCUT2D eigenvalue weighted by molar-refractivity contribution is -0.385. The summed E-state index contributed by atoms with van der Waals surface area (Å²) in [6.45, 7) is 0. The third-order valence-electron chi connectivity index (χ3n) is 4.13. The molecule has 1 aromatic heterocycles. The minimum Gasteiger partial charge on any atom is -0.477 e. The summed E-state index contributed by atoms with van der Waals surface area (Å²) in [7, 11) is 0. The van der Waals surface area contributed by atoms with Gasteiger partial charge in [0.15, 0.2) is 0 Å². The maximum Gasteiger partial charge on any atom is 0.352 e. The maximum atomic E-state index is 11.5. The molecule has 0 fully saturated rings. The zero-order valence-corrected chi connectivity index (χ0v) is 12.8. The molecule has 0 amide bonds. The molecule has 2 N–H and O–H groups in total. The molecule has 0 saturated heterocycles. The van der Waals surface area contributed by atoms with Crippen molar-refractivity contribution in [1.29, 1.82) is 0 Å². The van der Waals surface area contributed by atoms with Crippen LogP contribution >= 0.6 is 0 Å². The number of carboxylic acid groups (broad SMARTS) is 1. The SMILES string of the molecule is O=C(O)C1=C[C@H](c2ccccc2[N+](=O)[O-])n2c(nc3ccccc32)N1. The topological polar surface area (TPSA) is 110 Å². The number of hydrogen-bond acceptors (Lipinski definition) is 5. The number of nitro groups is 1. The maximum absolute atomic E-state index is 11.5. The van der Waals surface area contributed by atoms with E-state index in [4.69, 9.17) is 0 Å². The van der Waals surface area contributed by atoms with Crippen LogP contribution in [0.5, 0.6) is 0 Å². The van der Waals surface area contributed by atoms with Gasteiger partial charge in [0.2, 0.25) is 5.95 Å². The van der Waals surface area contributed by atoms with E-state index in [9.17, 15) is 20.0 Å². The van der Waals surface area contributed by atoms with Crippen LogP contribution in [0.3, 0.4) is 0 Å². The molecule has 0 spiro atoms. The van der Waals surface area contributed by atoms with E-state index < -0.39 is 16.9 Å². The highest BCUT2D eigenvalue weighted by Crippen LogP contribution is 2.37. The second-order valence-corrected chi connectivity index (χ2v) is 5.57. The number of para-hydroxylation sites is 3. The fourth-order valence-electron chi connectivity index (χ4n) is 3.07. The van der Waals surface area contributed by atoms with E-state index in [0.717, 1.165) is 5.52 Å². The number of carboxylic acids is 1. The van der Waals surface area contributed by atoms with Crippen LogP contribution in [0.15, 0.2) is 60.3 Å². The predicted molar refractivity (Wildman–Crippen MR) is 90.3 cm³/mol. The minimum atomic E-state index is -1.15. The van der Waals surface area contributed by atoms with Gasteiger partial charge >= 0.3 is 5.97 Å². The first-order valence-electron chi connectivity index (χ1n) is 7.48. The molecule has 0 aliphatic carbocycles. The van der Waals surface area contributed by atoms with Crippen LogP contribution in [0.25, 0.3) is 11.0 Å². The van der Waals surface area contributed by atoms with Crippen LogP contribution in [0, 0.1) is 10.1 Å². The molecule has 0 bridgehead atoms. The molecule has 2 heterocycles. The summed E-state index contributed by atoms with van der Waals surface area (Å²) in [6.07, 6.45) is 1.46. The van der Waals surface area contributed by atoms with Crippen LogP contribution in [-0.4, -0.2) is 25.6 Å². The van der Waals surface area contributed by atoms with Gasteiger partial charge in [0.1, 0.15) is 5.70 Å². The normalized spacial score (nSPS) is 16.0. The number of nitrogens with one attached hydrogen (secondary N) is 1. The molecule has 1 aliphatic heterocycles. The highest BCUT2D eigenvalue weighted by Gasteiger charge is 2.30. The van der Waals surface area contributed by atoms with Gasteiger partial charge in [-0.15, -0.1) is 0 Å². The molecular weight excluding hydrogens is 324 g/mol. The van der Waals surface area contributed by atoms with Crippen LogP contribution in [0.1, 0.15) is 11.6 Å². The van der Waals surface area contributed by atoms with E-state index in [2.05, 4.69) is 10.3 Å². The van der Waals surface area contributed by atoms with Gasteiger partial charge in [-0.2, -0.15) is 0 Å². The highest BCUT2D eigenvalue weighted by molar-refractivity contribution is 5.92. The van der Waals surface area contributed by atoms with Gasteiger partial charge in [-0.1, -0.05) is 24.3 Å². The number of carbonyl (C=O) groups is 1. The van der Waals surface area contributed by atoms with Gasteiger partial charge in [0, 0.05) is 6.07 Å². The van der Waals surface area contributed by atoms with Crippen LogP contribution in [-0.2, 0) is 4.79 Å². The number of benzene rings is 2. The Kier molecular flexibility index (Phi) is 3.24. The molecule has 1 aliphatic rings. The number of aromatic nitrogens is 2. The predicted octanol–water partition coefficient (Wildman–Crippen LogP) is 2.93. The van der Waals surface area contributed by atoms with Crippen LogP contribution in [0.4, 0.5) is 11.6 Å². The highest BCUT2D eigenvalue weighted by atomic mass is 16.6. The summed E-state index contributed by atoms with van der Waals surface area (Å²) in [5.41, 5.74) is 1.70. The molecular formula is C17H12N4O4. The monoisotopic (exact) mass is 336 g/mol. The molecule has 0 radical (unpaired) electrons. The lowest BCUT2D eigenvalue weighted by Gasteiger charge is -2.24. The number of aliphatic carboxylic acids is 1. The average Bonchev–Trinajstić information content (AvgIpc) is 2.99. The Balaban J connectivity index is 2.01. The summed E-state index contributed by atoms with van der Waals surface area (Å²) in [6, 6.07) is 13.0. The van der Waals surface area contributed by atoms with Gasteiger partial charge < -0.3 is 10.4 Å². The Hall–Kier alpha value is -3.68. The molecule has 3 aromatic rings. The first-order chi connectivity index (χ1) is 12.1. The van der Waals surface area contributed by atoms with Gasteiger partial charge in [-0.3, -0.25) is 14.7 Å². The summed E-state index contributed by atoms with van der Waals surface area (Å²) in [5, 5.41) is 23.6. The number of rotatable bonds is 3. The molecule has 25 heavy (non-hydrogen) atoms. The number of nitrogens with zero attached hydrogens (tertiary/aromatic N) is 3. The second kappa shape index (κ2) is 5.45. The minimum absolute atomic E-state index is 0.0639. The molecule has 8 heteroatoms. The van der Waals surface area contributed by atoms with Crippen molar-refractivity contribution < 1.29 is 14.8 Å². The molecule has 4 rings (SSSR count). The average molecular weight is 336 g/mol. The van der Waals surface area contributed by atoms with E-state index >= 15 is 0 Å². The van der Waals surface area contributed by atoms with Crippen molar-refractivity contribution in [2.75, 3.05) is 5.32 Å². The first-order valence-corrected chi connectivity index (χ1v) is 7.48. The van der Waals surface area contributed by atoms with E-state index in [1.165, 1.54) is 12.1 Å². The lowest BCUT2D eigenvalue weighted by atomic mass is 10.0. The van der Waals surface area contributed by atoms with E-state index in [1.807, 2.05) is 18.2 Å². The number of allylic oxidation sites excluding steroid dienone is 1. The molecule has 1 atom stereocenters. The number of imidazole rings is 1. The number of fused-ring (bicyclic) bond motifs is 3. The van der Waals surface area contributed by atoms with Crippen molar-refractivity contribution in [3.05, 3.63) is 76.0 Å². The first kappa shape index (κ1) is 14.9. The van der Waals surface area contributed by atoms with Crippen LogP contribution in [0.2, 0.25) is 0 Å². The Morgan fingerprint density at radius 1 is 1.20 bits per heavy atom. The van der Waals surface area contributed by atoms with Crippen molar-refractivity contribution in [1.82, 2.24) is 9.55 Å². The standard InChI is InChI=1S/C17H12N4O4/c22-16(23)12-9-15(10-5-1-3-7-13(10)21(24)25)20-14-8-4-2-6-11(14)18-17(20)19-12/h1-9,15H,(H,18,19)(H,22,23)/t15-/m1/s1. The summed E-state index contributed by atoms with van der Waals surface area (Å²) < 4.78 is 1.77. The van der Waals surface area contributed by atoms with Gasteiger partial charge in [0.05, 0.1) is 27.6 Å². The zero-order chi connectivity index (χ0) is 17.6. The second-order valence-electron chi connectivity index (χ2n) is 5.57. The number of hydrogen-bond donors (Lipinski definition) is 2. The molecule has 0 unspecified atom stereocenters. The molecule has 0 saturated carbocycles. The Labute approximate surface area is 141 Å². The van der Waals surface area contributed by atoms with Crippen molar-refractivity contribution in [2.45, 2.75) is 6.04 Å². The summed E-state index contributed by atoms with van der Waals surface area (Å²) in [5.74, 6) is -0.814. The summed E-state index contributed by atoms with van der Waals surface area (Å²) >= 11 is 0. The third-order valence-corrected chi connectivity index (χ3v) is 4.13. The zero-order valence-electron chi connectivity index (χ0n) is 12.8. The smallest absolute Gasteiger partial charge is 0.352 e. The largest absolute Gasteiger partial charge is 0.477 e. The molecule has 8 nitrogen and oxygen atoms in total. The number of anilines is 1. The fourth-order valence-corrected chi connectivity index (χ4v) is 3.07. The van der Waals surface area contributed by atoms with Gasteiger partial charge in [-0.25, -0.2) is 9.78 Å². The summed E-state index contributed by atoms with van der Waals surface area (Å²) in [4.78, 5) is 26.8. The lowest BCUT2D eigenvalue weighted by Crippen LogP contribution is -2.24. The van der Waals surface area contributed by atoms with Crippen molar-refractivity contribution in [3.8, 4) is 0 Å². The van der Waals surface area contributed by atoms with Crippen LogP contribution < -0.4 is 5.32 Å². The number of nitro benzene ring substituents is 1. The van der Waals surface area contributed by atoms with Crippen molar-refractivity contribution in [2.24, 2.45) is 0 Å². The van der Waals surface area contributed by atoms with E-state index in [0.29, 0.717) is 17.0 Å². The Morgan fingerprint density at radius 3 is 2.68 bits per heavy atom. The quantitative estimate of drug-likeness (QED) is 0.562. The fraction of sp³-hybridized carbons (Fsp3) is 0.0588. The van der Waals surface area contributed by atoms with Crippen molar-refractivity contribution >= 4 is 28.6 Å².